The van der Waals surface area contributed by atoms with Crippen LogP contribution in [0.5, 0.6) is 0 Å². The molecule has 2 saturated heterocycles. The lowest BCUT2D eigenvalue weighted by Gasteiger charge is -2.17. The summed E-state index contributed by atoms with van der Waals surface area (Å²) < 4.78 is 27.8. The van der Waals surface area contributed by atoms with Crippen LogP contribution < -0.4 is 0 Å². The van der Waals surface area contributed by atoms with Crippen LogP contribution in [0.25, 0.3) is 0 Å². The van der Waals surface area contributed by atoms with Gasteiger partial charge in [0, 0.05) is 0 Å². The van der Waals surface area contributed by atoms with Crippen LogP contribution in [0.1, 0.15) is 40.1 Å². The number of esters is 2. The number of carbonyl (C=O) groups excluding carboxylic acids is 2. The second-order valence-corrected chi connectivity index (χ2v) is 6.94. The Hall–Kier alpha value is -2.74. The molecule has 2 unspecified atom stereocenters. The summed E-state index contributed by atoms with van der Waals surface area (Å²) in [6, 6.07) is 16.0. The molecule has 2 aromatic rings. The van der Waals surface area contributed by atoms with Crippen molar-refractivity contribution in [2.75, 3.05) is 20.3 Å². The van der Waals surface area contributed by atoms with Crippen molar-refractivity contribution in [3.05, 3.63) is 71.3 Å². The van der Waals surface area contributed by atoms with E-state index in [1.165, 1.54) is 31.4 Å². The molecule has 0 aliphatic carbocycles. The lowest BCUT2D eigenvalue weighted by Crippen LogP contribution is -2.35. The number of hydrogen-bond acceptors (Lipinski definition) is 7. The molecule has 0 aromatic heterocycles. The summed E-state index contributed by atoms with van der Waals surface area (Å²) in [7, 11) is 1.31. The Morgan fingerprint density at radius 2 is 1.39 bits per heavy atom. The molecule has 0 saturated carbocycles. The van der Waals surface area contributed by atoms with Gasteiger partial charge in [-0.15, -0.1) is 0 Å². The fourth-order valence-electron chi connectivity index (χ4n) is 3.52. The Morgan fingerprint density at radius 1 is 0.839 bits per heavy atom. The van der Waals surface area contributed by atoms with Gasteiger partial charge in [-0.1, -0.05) is 44.2 Å². The van der Waals surface area contributed by atoms with Gasteiger partial charge in [0.1, 0.15) is 18.3 Å². The van der Waals surface area contributed by atoms with Crippen molar-refractivity contribution in [2.45, 2.75) is 44.9 Å². The molecule has 0 radical (unpaired) electrons. The van der Waals surface area contributed by atoms with E-state index in [1.54, 1.807) is 0 Å². The van der Waals surface area contributed by atoms with Gasteiger partial charge in [0.25, 0.3) is 0 Å². The predicted octanol–water partition coefficient (Wildman–Crippen LogP) is 3.41. The summed E-state index contributed by atoms with van der Waals surface area (Å²) in [6.45, 7) is 5.12. The van der Waals surface area contributed by atoms with E-state index in [9.17, 15) is 9.59 Å². The zero-order chi connectivity index (χ0) is 22.2. The van der Waals surface area contributed by atoms with E-state index in [0.717, 1.165) is 5.56 Å². The molecule has 31 heavy (non-hydrogen) atoms. The van der Waals surface area contributed by atoms with Gasteiger partial charge >= 0.3 is 11.9 Å². The van der Waals surface area contributed by atoms with E-state index in [4.69, 9.17) is 18.9 Å². The van der Waals surface area contributed by atoms with E-state index < -0.39 is 18.0 Å². The average Bonchev–Trinajstić information content (AvgIpc) is 3.42. The zero-order valence-corrected chi connectivity index (χ0v) is 18.0. The van der Waals surface area contributed by atoms with Gasteiger partial charge < -0.3 is 23.7 Å². The molecule has 4 rings (SSSR count). The molecule has 0 N–H and O–H groups in total. The van der Waals surface area contributed by atoms with Gasteiger partial charge in [0.05, 0.1) is 38.1 Å². The highest BCUT2D eigenvalue weighted by molar-refractivity contribution is 5.93. The third-order valence-electron chi connectivity index (χ3n) is 5.07. The van der Waals surface area contributed by atoms with Crippen LogP contribution >= 0.6 is 0 Å². The first-order valence-electron chi connectivity index (χ1n) is 10.4. The maximum Gasteiger partial charge on any atom is 0.338 e. The van der Waals surface area contributed by atoms with Crippen LogP contribution in [-0.2, 0) is 30.3 Å². The predicted molar refractivity (Wildman–Crippen MR) is 113 cm³/mol. The van der Waals surface area contributed by atoms with Crippen molar-refractivity contribution >= 4 is 11.9 Å². The van der Waals surface area contributed by atoms with Crippen LogP contribution in [0, 0.1) is 0 Å². The summed E-state index contributed by atoms with van der Waals surface area (Å²) in [5, 5.41) is 0. The van der Waals surface area contributed by atoms with Crippen LogP contribution in [0.4, 0.5) is 0 Å². The molecule has 4 atom stereocenters. The van der Waals surface area contributed by atoms with Gasteiger partial charge in [-0.05, 0) is 29.8 Å². The maximum atomic E-state index is 12.5. The SMILES string of the molecule is CC.COC(=O)c1ccc(C(=O)O[C@H]2COC3C2OC[C@H]3OCc2ccccc2)cc1. The Labute approximate surface area is 182 Å². The normalized spacial score (nSPS) is 24.0. The maximum absolute atomic E-state index is 12.5. The van der Waals surface area contributed by atoms with Gasteiger partial charge in [-0.3, -0.25) is 0 Å². The molecule has 0 amide bonds. The lowest BCUT2D eigenvalue weighted by molar-refractivity contribution is -0.0471. The number of methoxy groups -OCH3 is 1. The fraction of sp³-hybridized carbons (Fsp3) is 0.417. The molecular formula is C24H28O7. The highest BCUT2D eigenvalue weighted by Gasteiger charge is 2.50. The summed E-state index contributed by atoms with van der Waals surface area (Å²) in [6.07, 6.45) is -1.33. The highest BCUT2D eigenvalue weighted by Crippen LogP contribution is 2.31. The number of ether oxygens (including phenoxy) is 5. The molecule has 2 fully saturated rings. The van der Waals surface area contributed by atoms with Crippen molar-refractivity contribution < 1.29 is 33.3 Å². The Bertz CT molecular complexity index is 850. The first kappa shape index (κ1) is 22.9. The number of fused-ring (bicyclic) bond motifs is 1. The smallest absolute Gasteiger partial charge is 0.338 e. The van der Waals surface area contributed by atoms with Crippen LogP contribution in [-0.4, -0.2) is 56.7 Å². The van der Waals surface area contributed by atoms with Gasteiger partial charge in [0.15, 0.2) is 6.10 Å². The second kappa shape index (κ2) is 11.0. The van der Waals surface area contributed by atoms with Crippen LogP contribution in [0.2, 0.25) is 0 Å². The third kappa shape index (κ3) is 5.50. The fourth-order valence-corrected chi connectivity index (χ4v) is 3.52. The minimum absolute atomic E-state index is 0.205. The summed E-state index contributed by atoms with van der Waals surface area (Å²) >= 11 is 0. The van der Waals surface area contributed by atoms with Crippen molar-refractivity contribution in [1.82, 2.24) is 0 Å². The van der Waals surface area contributed by atoms with Crippen molar-refractivity contribution in [3.63, 3.8) is 0 Å². The molecule has 2 aromatic carbocycles. The molecule has 0 bridgehead atoms. The largest absolute Gasteiger partial charge is 0.465 e. The first-order chi connectivity index (χ1) is 15.2. The Morgan fingerprint density at radius 3 is 2.00 bits per heavy atom. The van der Waals surface area contributed by atoms with Crippen molar-refractivity contribution in [3.8, 4) is 0 Å². The standard InChI is InChI=1S/C22H22O7.C2H6/c1-25-21(23)15-7-9-16(10-8-15)22(24)29-18-13-28-19-17(12-27-20(18)19)26-11-14-5-3-2-4-6-14;1-2/h2-10,17-20H,11-13H2,1H3;1-2H3/t17-,18+,19?,20?;/m1./s1. The van der Waals surface area contributed by atoms with E-state index in [2.05, 4.69) is 4.74 Å². The minimum Gasteiger partial charge on any atom is -0.465 e. The second-order valence-electron chi connectivity index (χ2n) is 6.94. The summed E-state index contributed by atoms with van der Waals surface area (Å²) in [5.74, 6) is -0.953. The molecule has 2 aliphatic heterocycles. The number of rotatable bonds is 6. The average molecular weight is 428 g/mol. The van der Waals surface area contributed by atoms with Crippen molar-refractivity contribution in [2.24, 2.45) is 0 Å². The summed E-state index contributed by atoms with van der Waals surface area (Å²) in [4.78, 5) is 23.9. The monoisotopic (exact) mass is 428 g/mol. The van der Waals surface area contributed by atoms with E-state index in [1.807, 2.05) is 44.2 Å². The van der Waals surface area contributed by atoms with E-state index in [-0.39, 0.29) is 24.9 Å². The Balaban J connectivity index is 0.00000132. The summed E-state index contributed by atoms with van der Waals surface area (Å²) in [5.41, 5.74) is 1.79. The van der Waals surface area contributed by atoms with Crippen molar-refractivity contribution in [1.29, 1.82) is 0 Å². The quantitative estimate of drug-likeness (QED) is 0.652. The lowest BCUT2D eigenvalue weighted by atomic mass is 10.1. The van der Waals surface area contributed by atoms with E-state index in [0.29, 0.717) is 24.3 Å². The molecule has 2 aliphatic rings. The number of benzene rings is 2. The van der Waals surface area contributed by atoms with Gasteiger partial charge in [0.2, 0.25) is 0 Å². The highest BCUT2D eigenvalue weighted by atomic mass is 16.7. The van der Waals surface area contributed by atoms with Gasteiger partial charge in [-0.25, -0.2) is 9.59 Å². The molecular weight excluding hydrogens is 400 g/mol. The molecule has 7 heteroatoms. The Kier molecular flexibility index (Phi) is 8.17. The van der Waals surface area contributed by atoms with E-state index >= 15 is 0 Å². The number of carbonyl (C=O) groups is 2. The third-order valence-corrected chi connectivity index (χ3v) is 5.07. The van der Waals surface area contributed by atoms with Crippen LogP contribution in [0.15, 0.2) is 54.6 Å². The number of hydrogen-bond donors (Lipinski definition) is 0. The van der Waals surface area contributed by atoms with Crippen LogP contribution in [0.3, 0.4) is 0 Å². The molecule has 2 heterocycles. The minimum atomic E-state index is -0.502. The molecule has 0 spiro atoms. The zero-order valence-electron chi connectivity index (χ0n) is 18.0. The topological polar surface area (TPSA) is 80.3 Å². The molecule has 7 nitrogen and oxygen atoms in total. The first-order valence-corrected chi connectivity index (χ1v) is 10.4. The molecule has 166 valence electrons. The van der Waals surface area contributed by atoms with Gasteiger partial charge in [-0.2, -0.15) is 0 Å².